The van der Waals surface area contributed by atoms with Crippen molar-refractivity contribution < 1.29 is 9.53 Å². The highest BCUT2D eigenvalue weighted by Gasteiger charge is 2.24. The van der Waals surface area contributed by atoms with E-state index in [4.69, 9.17) is 9.72 Å². The minimum absolute atomic E-state index is 0.114. The second kappa shape index (κ2) is 10.3. The maximum Gasteiger partial charge on any atom is 0.237 e. The van der Waals surface area contributed by atoms with Crippen molar-refractivity contribution in [2.24, 2.45) is 5.92 Å². The lowest BCUT2D eigenvalue weighted by Gasteiger charge is -2.33. The Morgan fingerprint density at radius 1 is 1.25 bits per heavy atom. The van der Waals surface area contributed by atoms with Gasteiger partial charge in [0.25, 0.3) is 0 Å². The molecule has 0 saturated carbocycles. The molecule has 1 amide bonds. The summed E-state index contributed by atoms with van der Waals surface area (Å²) >= 11 is 0. The second-order valence-corrected chi connectivity index (χ2v) is 8.24. The van der Waals surface area contributed by atoms with E-state index in [0.717, 1.165) is 49.6 Å². The van der Waals surface area contributed by atoms with Crippen molar-refractivity contribution in [3.05, 3.63) is 60.3 Å². The van der Waals surface area contributed by atoms with Gasteiger partial charge in [-0.25, -0.2) is 9.97 Å². The number of ether oxygens (including phenoxy) is 1. The summed E-state index contributed by atoms with van der Waals surface area (Å²) in [6, 6.07) is 9.97. The van der Waals surface area contributed by atoms with Crippen molar-refractivity contribution >= 4 is 11.7 Å². The van der Waals surface area contributed by atoms with Gasteiger partial charge in [-0.3, -0.25) is 9.36 Å². The van der Waals surface area contributed by atoms with E-state index in [1.54, 1.807) is 19.6 Å². The van der Waals surface area contributed by atoms with Crippen molar-refractivity contribution in [3.63, 3.8) is 0 Å². The summed E-state index contributed by atoms with van der Waals surface area (Å²) in [4.78, 5) is 28.1. The monoisotopic (exact) mass is 434 g/mol. The van der Waals surface area contributed by atoms with Crippen LogP contribution in [0.3, 0.4) is 0 Å². The van der Waals surface area contributed by atoms with Gasteiger partial charge in [0.1, 0.15) is 17.9 Å². The normalized spacial score (nSPS) is 16.1. The Balaban J connectivity index is 1.29. The van der Waals surface area contributed by atoms with Crippen LogP contribution >= 0.6 is 0 Å². The summed E-state index contributed by atoms with van der Waals surface area (Å²) in [7, 11) is 1.66. The molecule has 1 N–H and O–H groups in total. The van der Waals surface area contributed by atoms with E-state index < -0.39 is 0 Å². The SMILES string of the molecule is COc1ccc(CCNC(=O)CC2CCCN(c3cc(C)nc(-n4ccnc4)n3)C2)cc1. The summed E-state index contributed by atoms with van der Waals surface area (Å²) in [6.45, 7) is 4.38. The number of benzene rings is 1. The van der Waals surface area contributed by atoms with E-state index in [1.807, 2.05) is 48.0 Å². The van der Waals surface area contributed by atoms with E-state index in [9.17, 15) is 4.79 Å². The van der Waals surface area contributed by atoms with Crippen molar-refractivity contribution in [1.82, 2.24) is 24.8 Å². The number of nitrogens with one attached hydrogen (secondary N) is 1. The minimum atomic E-state index is 0.114. The summed E-state index contributed by atoms with van der Waals surface area (Å²) in [5, 5.41) is 3.07. The van der Waals surface area contributed by atoms with Gasteiger partial charge in [0.15, 0.2) is 0 Å². The molecule has 1 fully saturated rings. The van der Waals surface area contributed by atoms with Gasteiger partial charge in [0.05, 0.1) is 7.11 Å². The molecule has 0 spiro atoms. The quantitative estimate of drug-likeness (QED) is 0.587. The van der Waals surface area contributed by atoms with E-state index in [0.29, 0.717) is 24.8 Å². The molecular formula is C24H30N6O2. The lowest BCUT2D eigenvalue weighted by Crippen LogP contribution is -2.38. The molecule has 3 heterocycles. The first-order valence-electron chi connectivity index (χ1n) is 11.1. The Morgan fingerprint density at radius 2 is 2.09 bits per heavy atom. The van der Waals surface area contributed by atoms with Gasteiger partial charge < -0.3 is 15.0 Å². The van der Waals surface area contributed by atoms with Gasteiger partial charge in [0, 0.05) is 50.2 Å². The fourth-order valence-electron chi connectivity index (χ4n) is 4.10. The van der Waals surface area contributed by atoms with E-state index in [1.165, 1.54) is 5.56 Å². The van der Waals surface area contributed by atoms with Crippen molar-refractivity contribution in [2.75, 3.05) is 31.6 Å². The van der Waals surface area contributed by atoms with Gasteiger partial charge in [-0.05, 0) is 49.8 Å². The van der Waals surface area contributed by atoms with Crippen LogP contribution in [0.1, 0.15) is 30.5 Å². The zero-order chi connectivity index (χ0) is 22.3. The molecule has 0 aliphatic carbocycles. The molecule has 1 atom stereocenters. The van der Waals surface area contributed by atoms with Crippen LogP contribution in [0.4, 0.5) is 5.82 Å². The minimum Gasteiger partial charge on any atom is -0.497 e. The molecule has 0 radical (unpaired) electrons. The maximum atomic E-state index is 12.5. The highest BCUT2D eigenvalue weighted by molar-refractivity contribution is 5.76. The molecule has 2 aromatic heterocycles. The molecule has 1 aliphatic heterocycles. The van der Waals surface area contributed by atoms with Crippen LogP contribution < -0.4 is 15.0 Å². The average Bonchev–Trinajstić information content (AvgIpc) is 3.34. The Kier molecular flexibility index (Phi) is 6.99. The van der Waals surface area contributed by atoms with Crippen LogP contribution in [0.2, 0.25) is 0 Å². The number of rotatable bonds is 8. The molecule has 0 bridgehead atoms. The van der Waals surface area contributed by atoms with Gasteiger partial charge in [-0.15, -0.1) is 0 Å². The van der Waals surface area contributed by atoms with E-state index in [2.05, 4.69) is 20.2 Å². The van der Waals surface area contributed by atoms with Crippen LogP contribution in [0.15, 0.2) is 49.1 Å². The Morgan fingerprint density at radius 3 is 2.84 bits per heavy atom. The van der Waals surface area contributed by atoms with Crippen molar-refractivity contribution in [1.29, 1.82) is 0 Å². The first-order valence-corrected chi connectivity index (χ1v) is 11.1. The fourth-order valence-corrected chi connectivity index (χ4v) is 4.10. The molecule has 3 aromatic rings. The number of piperidine rings is 1. The number of nitrogens with zero attached hydrogens (tertiary/aromatic N) is 5. The van der Waals surface area contributed by atoms with Crippen LogP contribution in [0.5, 0.6) is 5.75 Å². The third-order valence-electron chi connectivity index (χ3n) is 5.78. The van der Waals surface area contributed by atoms with E-state index >= 15 is 0 Å². The Bertz CT molecular complexity index is 1020. The molecule has 1 aliphatic rings. The maximum absolute atomic E-state index is 12.5. The number of anilines is 1. The zero-order valence-corrected chi connectivity index (χ0v) is 18.7. The molecule has 1 aromatic carbocycles. The van der Waals surface area contributed by atoms with Gasteiger partial charge in [0.2, 0.25) is 11.9 Å². The molecule has 8 nitrogen and oxygen atoms in total. The number of aromatic nitrogens is 4. The predicted octanol–water partition coefficient (Wildman–Crippen LogP) is 2.94. The van der Waals surface area contributed by atoms with Gasteiger partial charge in [-0.2, -0.15) is 4.98 Å². The predicted molar refractivity (Wildman–Crippen MR) is 123 cm³/mol. The van der Waals surface area contributed by atoms with Crippen molar-refractivity contribution in [3.8, 4) is 11.7 Å². The number of amides is 1. The van der Waals surface area contributed by atoms with Crippen molar-refractivity contribution in [2.45, 2.75) is 32.6 Å². The van der Waals surface area contributed by atoms with Crippen LogP contribution in [-0.4, -0.2) is 52.2 Å². The lowest BCUT2D eigenvalue weighted by molar-refractivity contribution is -0.122. The molecule has 1 saturated heterocycles. The largest absolute Gasteiger partial charge is 0.497 e. The summed E-state index contributed by atoms with van der Waals surface area (Å²) < 4.78 is 7.00. The highest BCUT2D eigenvalue weighted by Crippen LogP contribution is 2.25. The Labute approximate surface area is 188 Å². The first kappa shape index (κ1) is 21.8. The number of carbonyl (C=O) groups is 1. The number of hydrogen-bond donors (Lipinski definition) is 1. The second-order valence-electron chi connectivity index (χ2n) is 8.24. The third-order valence-corrected chi connectivity index (χ3v) is 5.78. The van der Waals surface area contributed by atoms with Gasteiger partial charge >= 0.3 is 0 Å². The smallest absolute Gasteiger partial charge is 0.237 e. The van der Waals surface area contributed by atoms with Crippen LogP contribution in [0, 0.1) is 12.8 Å². The van der Waals surface area contributed by atoms with Gasteiger partial charge in [-0.1, -0.05) is 12.1 Å². The number of carbonyl (C=O) groups excluding carboxylic acids is 1. The standard InChI is InChI=1S/C24H30N6O2/c1-18-14-22(28-24(27-18)30-13-11-25-17-30)29-12-3-4-20(16-29)15-23(31)26-10-9-19-5-7-21(32-2)8-6-19/h5-8,11,13-14,17,20H,3-4,9-10,12,15-16H2,1-2H3,(H,26,31). The number of aryl methyl sites for hydroxylation is 1. The summed E-state index contributed by atoms with van der Waals surface area (Å²) in [6.07, 6.45) is 8.71. The van der Waals surface area contributed by atoms with Crippen LogP contribution in [-0.2, 0) is 11.2 Å². The number of hydrogen-bond acceptors (Lipinski definition) is 6. The third kappa shape index (κ3) is 5.63. The molecule has 168 valence electrons. The summed E-state index contributed by atoms with van der Waals surface area (Å²) in [5.74, 6) is 2.80. The molecule has 32 heavy (non-hydrogen) atoms. The number of methoxy groups -OCH3 is 1. The van der Waals surface area contributed by atoms with Crippen LogP contribution in [0.25, 0.3) is 5.95 Å². The van der Waals surface area contributed by atoms with E-state index in [-0.39, 0.29) is 5.91 Å². The molecular weight excluding hydrogens is 404 g/mol. The number of imidazole rings is 1. The molecule has 8 heteroatoms. The first-order chi connectivity index (χ1) is 15.6. The zero-order valence-electron chi connectivity index (χ0n) is 18.7. The summed E-state index contributed by atoms with van der Waals surface area (Å²) in [5.41, 5.74) is 2.10. The Hall–Kier alpha value is -3.42. The molecule has 4 rings (SSSR count). The highest BCUT2D eigenvalue weighted by atomic mass is 16.5. The topological polar surface area (TPSA) is 85.2 Å². The molecule has 1 unspecified atom stereocenters. The average molecular weight is 435 g/mol. The lowest BCUT2D eigenvalue weighted by atomic mass is 9.94. The fraction of sp³-hybridized carbons (Fsp3) is 0.417.